The van der Waals surface area contributed by atoms with Crippen molar-refractivity contribution in [1.82, 2.24) is 4.98 Å². The van der Waals surface area contributed by atoms with Crippen molar-refractivity contribution in [3.63, 3.8) is 0 Å². The normalized spacial score (nSPS) is 12.1. The van der Waals surface area contributed by atoms with E-state index in [1.165, 1.54) is 0 Å². The molecule has 0 fully saturated rings. The molecule has 0 saturated carbocycles. The molecule has 0 bridgehead atoms. The Morgan fingerprint density at radius 2 is 2.00 bits per heavy atom. The van der Waals surface area contributed by atoms with Gasteiger partial charge in [-0.1, -0.05) is 0 Å². The maximum absolute atomic E-state index is 12.5. The number of pyridine rings is 1. The lowest BCUT2D eigenvalue weighted by atomic mass is 10.1. The van der Waals surface area contributed by atoms with Crippen LogP contribution in [-0.2, 0) is 6.18 Å². The average Bonchev–Trinajstić information content (AvgIpc) is 2.27. The van der Waals surface area contributed by atoms with Gasteiger partial charge in [-0.05, 0) is 26.0 Å². The highest BCUT2D eigenvalue weighted by atomic mass is 19.4. The van der Waals surface area contributed by atoms with E-state index >= 15 is 0 Å². The van der Waals surface area contributed by atoms with Gasteiger partial charge in [0.2, 0.25) is 0 Å². The Kier molecular flexibility index (Phi) is 3.82. The van der Waals surface area contributed by atoms with Crippen LogP contribution in [0.25, 0.3) is 0 Å². The van der Waals surface area contributed by atoms with Gasteiger partial charge in [-0.15, -0.1) is 0 Å². The van der Waals surface area contributed by atoms with Crippen LogP contribution in [0.4, 0.5) is 19.0 Å². The van der Waals surface area contributed by atoms with Crippen molar-refractivity contribution in [1.29, 1.82) is 5.26 Å². The smallest absolute Gasteiger partial charge is 0.394 e. The molecule has 1 rings (SSSR count). The van der Waals surface area contributed by atoms with Crippen molar-refractivity contribution in [2.75, 3.05) is 11.9 Å². The molecule has 0 spiro atoms. The fourth-order valence-corrected chi connectivity index (χ4v) is 1.16. The number of aliphatic hydroxyl groups is 1. The van der Waals surface area contributed by atoms with E-state index in [4.69, 9.17) is 10.4 Å². The SMILES string of the molecule is CC(C)(CO)Nc1nc(C(F)(F)F)ccc1C#N. The number of nitrogens with one attached hydrogen (secondary N) is 1. The number of nitriles is 1. The summed E-state index contributed by atoms with van der Waals surface area (Å²) in [5.74, 6) is -0.189. The Morgan fingerprint density at radius 1 is 1.39 bits per heavy atom. The molecule has 0 unspecified atom stereocenters. The fourth-order valence-electron chi connectivity index (χ4n) is 1.16. The average molecular weight is 259 g/mol. The van der Waals surface area contributed by atoms with Crippen LogP contribution in [0.3, 0.4) is 0 Å². The summed E-state index contributed by atoms with van der Waals surface area (Å²) in [6.07, 6.45) is -4.58. The van der Waals surface area contributed by atoms with E-state index in [1.807, 2.05) is 0 Å². The Labute approximate surface area is 102 Å². The number of aromatic nitrogens is 1. The van der Waals surface area contributed by atoms with Gasteiger partial charge in [-0.2, -0.15) is 18.4 Å². The van der Waals surface area contributed by atoms with E-state index in [0.717, 1.165) is 12.1 Å². The summed E-state index contributed by atoms with van der Waals surface area (Å²) in [5, 5.41) is 20.5. The second-order valence-corrected chi connectivity index (χ2v) is 4.37. The molecule has 1 heterocycles. The van der Waals surface area contributed by atoms with Crippen LogP contribution < -0.4 is 5.32 Å². The molecular weight excluding hydrogens is 247 g/mol. The van der Waals surface area contributed by atoms with Crippen LogP contribution in [0.5, 0.6) is 0 Å². The predicted octanol–water partition coefficient (Wildman–Crippen LogP) is 2.15. The Balaban J connectivity index is 3.20. The molecule has 0 amide bonds. The molecule has 0 radical (unpaired) electrons. The van der Waals surface area contributed by atoms with Gasteiger partial charge in [0, 0.05) is 0 Å². The Morgan fingerprint density at radius 3 is 2.44 bits per heavy atom. The van der Waals surface area contributed by atoms with Gasteiger partial charge in [0.05, 0.1) is 17.7 Å². The second-order valence-electron chi connectivity index (χ2n) is 4.37. The second kappa shape index (κ2) is 4.82. The van der Waals surface area contributed by atoms with Gasteiger partial charge in [0.1, 0.15) is 17.6 Å². The topological polar surface area (TPSA) is 68.9 Å². The minimum atomic E-state index is -4.58. The molecule has 0 atom stereocenters. The molecule has 18 heavy (non-hydrogen) atoms. The van der Waals surface area contributed by atoms with Crippen LogP contribution in [-0.4, -0.2) is 22.2 Å². The summed E-state index contributed by atoms with van der Waals surface area (Å²) in [6, 6.07) is 3.54. The zero-order valence-electron chi connectivity index (χ0n) is 9.84. The minimum absolute atomic E-state index is 0.00970. The highest BCUT2D eigenvalue weighted by molar-refractivity contribution is 5.53. The lowest BCUT2D eigenvalue weighted by Gasteiger charge is -2.25. The Hall–Kier alpha value is -1.81. The molecule has 4 nitrogen and oxygen atoms in total. The molecule has 2 N–H and O–H groups in total. The first-order valence-corrected chi connectivity index (χ1v) is 5.07. The van der Waals surface area contributed by atoms with Crippen molar-refractivity contribution in [3.05, 3.63) is 23.4 Å². The van der Waals surface area contributed by atoms with Crippen LogP contribution >= 0.6 is 0 Å². The standard InChI is InChI=1S/C11H12F3N3O/c1-10(2,6-18)17-9-7(5-15)3-4-8(16-9)11(12,13)14/h3-4,18H,6H2,1-2H3,(H,16,17). The van der Waals surface area contributed by atoms with Crippen molar-refractivity contribution in [2.45, 2.75) is 25.6 Å². The van der Waals surface area contributed by atoms with Gasteiger partial charge < -0.3 is 10.4 Å². The number of hydrogen-bond acceptors (Lipinski definition) is 4. The van der Waals surface area contributed by atoms with E-state index in [0.29, 0.717) is 0 Å². The first-order valence-electron chi connectivity index (χ1n) is 5.07. The molecule has 7 heteroatoms. The largest absolute Gasteiger partial charge is 0.433 e. The maximum atomic E-state index is 12.5. The van der Waals surface area contributed by atoms with Gasteiger partial charge in [0.25, 0.3) is 0 Å². The summed E-state index contributed by atoms with van der Waals surface area (Å²) < 4.78 is 37.5. The lowest BCUT2D eigenvalue weighted by Crippen LogP contribution is -2.35. The summed E-state index contributed by atoms with van der Waals surface area (Å²) in [6.45, 7) is 2.85. The minimum Gasteiger partial charge on any atom is -0.394 e. The van der Waals surface area contributed by atoms with Crippen LogP contribution in [0.2, 0.25) is 0 Å². The molecular formula is C11H12F3N3O. The van der Waals surface area contributed by atoms with Gasteiger partial charge >= 0.3 is 6.18 Å². The molecule has 0 aliphatic heterocycles. The number of aliphatic hydroxyl groups excluding tert-OH is 1. The third-order valence-corrected chi connectivity index (χ3v) is 2.16. The molecule has 98 valence electrons. The lowest BCUT2D eigenvalue weighted by molar-refractivity contribution is -0.141. The maximum Gasteiger partial charge on any atom is 0.433 e. The molecule has 1 aromatic heterocycles. The fraction of sp³-hybridized carbons (Fsp3) is 0.455. The van der Waals surface area contributed by atoms with E-state index in [2.05, 4.69) is 10.3 Å². The number of halogens is 3. The molecule has 0 saturated heterocycles. The number of nitrogens with zero attached hydrogens (tertiary/aromatic N) is 2. The van der Waals surface area contributed by atoms with Crippen molar-refractivity contribution in [3.8, 4) is 6.07 Å². The van der Waals surface area contributed by atoms with E-state index in [9.17, 15) is 13.2 Å². The third-order valence-electron chi connectivity index (χ3n) is 2.16. The van der Waals surface area contributed by atoms with Gasteiger partial charge in [-0.25, -0.2) is 4.98 Å². The van der Waals surface area contributed by atoms with Crippen LogP contribution in [0.1, 0.15) is 25.1 Å². The monoisotopic (exact) mass is 259 g/mol. The molecule has 0 aromatic carbocycles. The first kappa shape index (κ1) is 14.3. The summed E-state index contributed by atoms with van der Waals surface area (Å²) in [5.41, 5.74) is -1.97. The predicted molar refractivity (Wildman–Crippen MR) is 58.7 cm³/mol. The van der Waals surface area contributed by atoms with Gasteiger partial charge in [0.15, 0.2) is 0 Å². The number of hydrogen-bond donors (Lipinski definition) is 2. The third kappa shape index (κ3) is 3.34. The highest BCUT2D eigenvalue weighted by Crippen LogP contribution is 2.30. The number of alkyl halides is 3. The number of anilines is 1. The molecule has 0 aliphatic carbocycles. The highest BCUT2D eigenvalue weighted by Gasteiger charge is 2.33. The molecule has 0 aliphatic rings. The quantitative estimate of drug-likeness (QED) is 0.872. The zero-order valence-corrected chi connectivity index (χ0v) is 9.84. The van der Waals surface area contributed by atoms with Crippen LogP contribution in [0.15, 0.2) is 12.1 Å². The van der Waals surface area contributed by atoms with Crippen LogP contribution in [0, 0.1) is 11.3 Å². The first-order chi connectivity index (χ1) is 8.19. The summed E-state index contributed by atoms with van der Waals surface area (Å²) >= 11 is 0. The summed E-state index contributed by atoms with van der Waals surface area (Å²) in [7, 11) is 0. The van der Waals surface area contributed by atoms with Crippen molar-refractivity contribution >= 4 is 5.82 Å². The zero-order chi connectivity index (χ0) is 14.0. The Bertz CT molecular complexity index is 477. The molecule has 1 aromatic rings. The van der Waals surface area contributed by atoms with E-state index < -0.39 is 17.4 Å². The number of rotatable bonds is 3. The van der Waals surface area contributed by atoms with E-state index in [-0.39, 0.29) is 18.0 Å². The van der Waals surface area contributed by atoms with Crippen molar-refractivity contribution in [2.24, 2.45) is 0 Å². The van der Waals surface area contributed by atoms with E-state index in [1.54, 1.807) is 19.9 Å². The van der Waals surface area contributed by atoms with Gasteiger partial charge in [-0.3, -0.25) is 0 Å². The van der Waals surface area contributed by atoms with Crippen molar-refractivity contribution < 1.29 is 18.3 Å². The summed E-state index contributed by atoms with van der Waals surface area (Å²) in [4.78, 5) is 3.38.